The van der Waals surface area contributed by atoms with E-state index in [9.17, 15) is 18.0 Å². The summed E-state index contributed by atoms with van der Waals surface area (Å²) >= 11 is 5.58. The number of alkyl halides is 3. The van der Waals surface area contributed by atoms with Gasteiger partial charge in [0.2, 0.25) is 5.91 Å². The molecule has 1 unspecified atom stereocenters. The summed E-state index contributed by atoms with van der Waals surface area (Å²) < 4.78 is 37.6. The number of carbonyl (C=O) groups excluding carboxylic acids is 1. The number of anilines is 1. The van der Waals surface area contributed by atoms with E-state index in [1.807, 2.05) is 0 Å². The number of nitrogens with two attached hydrogens (primary N) is 1. The zero-order valence-electron chi connectivity index (χ0n) is 9.51. The largest absolute Gasteiger partial charge is 0.416 e. The number of rotatable bonds is 3. The van der Waals surface area contributed by atoms with Crippen LogP contribution in [0.2, 0.25) is 5.02 Å². The van der Waals surface area contributed by atoms with Crippen LogP contribution < -0.4 is 11.1 Å². The van der Waals surface area contributed by atoms with Crippen LogP contribution in [-0.4, -0.2) is 12.5 Å². The molecule has 3 nitrogen and oxygen atoms in total. The van der Waals surface area contributed by atoms with Gasteiger partial charge in [0.15, 0.2) is 0 Å². The topological polar surface area (TPSA) is 55.1 Å². The number of carbonyl (C=O) groups is 1. The maximum absolute atomic E-state index is 12.5. The van der Waals surface area contributed by atoms with E-state index in [1.165, 1.54) is 6.07 Å². The highest BCUT2D eigenvalue weighted by atomic mass is 35.5. The van der Waals surface area contributed by atoms with Crippen LogP contribution in [0.5, 0.6) is 0 Å². The van der Waals surface area contributed by atoms with Crippen molar-refractivity contribution in [1.82, 2.24) is 0 Å². The normalized spacial score (nSPS) is 13.2. The molecule has 1 aromatic rings. The van der Waals surface area contributed by atoms with Gasteiger partial charge >= 0.3 is 6.18 Å². The third kappa shape index (κ3) is 3.89. The molecule has 0 fully saturated rings. The zero-order chi connectivity index (χ0) is 13.9. The van der Waals surface area contributed by atoms with Gasteiger partial charge in [0, 0.05) is 23.2 Å². The molecule has 0 heterocycles. The molecule has 3 N–H and O–H groups in total. The molecule has 7 heteroatoms. The second-order valence-corrected chi connectivity index (χ2v) is 4.29. The lowest BCUT2D eigenvalue weighted by Gasteiger charge is -2.13. The first kappa shape index (κ1) is 14.8. The van der Waals surface area contributed by atoms with Crippen molar-refractivity contribution in [1.29, 1.82) is 0 Å². The lowest BCUT2D eigenvalue weighted by Crippen LogP contribution is -2.26. The van der Waals surface area contributed by atoms with Crippen LogP contribution in [0.15, 0.2) is 18.2 Å². The Labute approximate surface area is 107 Å². The molecule has 0 aliphatic heterocycles. The Morgan fingerprint density at radius 3 is 2.56 bits per heavy atom. The summed E-state index contributed by atoms with van der Waals surface area (Å²) in [5, 5.41) is 2.25. The van der Waals surface area contributed by atoms with Crippen molar-refractivity contribution < 1.29 is 18.0 Å². The summed E-state index contributed by atoms with van der Waals surface area (Å²) in [7, 11) is 0. The summed E-state index contributed by atoms with van der Waals surface area (Å²) in [5.74, 6) is -0.939. The fraction of sp³-hybridized carbons (Fsp3) is 0.364. The fourth-order valence-corrected chi connectivity index (χ4v) is 1.43. The molecule has 0 bridgehead atoms. The predicted octanol–water partition coefficient (Wildman–Crippen LogP) is 2.89. The molecule has 0 radical (unpaired) electrons. The molecule has 1 rings (SSSR count). The van der Waals surface area contributed by atoms with Crippen molar-refractivity contribution in [3.05, 3.63) is 28.8 Å². The molecule has 0 aromatic heterocycles. The van der Waals surface area contributed by atoms with E-state index < -0.39 is 23.6 Å². The van der Waals surface area contributed by atoms with Crippen LogP contribution in [0.1, 0.15) is 12.5 Å². The van der Waals surface area contributed by atoms with Crippen LogP contribution in [0.3, 0.4) is 0 Å². The smallest absolute Gasteiger partial charge is 0.330 e. The van der Waals surface area contributed by atoms with Crippen LogP contribution in [-0.2, 0) is 11.0 Å². The van der Waals surface area contributed by atoms with Gasteiger partial charge in [-0.15, -0.1) is 0 Å². The average molecular weight is 281 g/mol. The molecule has 0 spiro atoms. The minimum atomic E-state index is -4.51. The Bertz CT molecular complexity index is 448. The molecule has 0 saturated carbocycles. The molecule has 18 heavy (non-hydrogen) atoms. The number of amides is 1. The predicted molar refractivity (Wildman–Crippen MR) is 63.3 cm³/mol. The zero-order valence-corrected chi connectivity index (χ0v) is 10.3. The van der Waals surface area contributed by atoms with Gasteiger partial charge in [-0.3, -0.25) is 4.79 Å². The highest BCUT2D eigenvalue weighted by Crippen LogP contribution is 2.33. The number of hydrogen-bond acceptors (Lipinski definition) is 2. The third-order valence-corrected chi connectivity index (χ3v) is 2.51. The van der Waals surface area contributed by atoms with Gasteiger partial charge in [-0.1, -0.05) is 18.5 Å². The molecule has 100 valence electrons. The number of nitrogens with one attached hydrogen (secondary N) is 1. The Hall–Kier alpha value is -1.27. The van der Waals surface area contributed by atoms with E-state index >= 15 is 0 Å². The first-order chi connectivity index (χ1) is 8.24. The van der Waals surface area contributed by atoms with E-state index in [0.717, 1.165) is 12.1 Å². The van der Waals surface area contributed by atoms with Crippen molar-refractivity contribution in [3.63, 3.8) is 0 Å². The van der Waals surface area contributed by atoms with Gasteiger partial charge in [-0.2, -0.15) is 13.2 Å². The molecule has 1 amide bonds. The fourth-order valence-electron chi connectivity index (χ4n) is 1.20. The highest BCUT2D eigenvalue weighted by molar-refractivity contribution is 6.31. The van der Waals surface area contributed by atoms with Gasteiger partial charge in [-0.25, -0.2) is 0 Å². The highest BCUT2D eigenvalue weighted by Gasteiger charge is 2.31. The second kappa shape index (κ2) is 5.58. The number of benzene rings is 1. The first-order valence-corrected chi connectivity index (χ1v) is 5.50. The molecule has 0 saturated heterocycles. The molecular formula is C11H12ClF3N2O. The lowest BCUT2D eigenvalue weighted by molar-refractivity contribution is -0.137. The maximum Gasteiger partial charge on any atom is 0.416 e. The standard InChI is InChI=1S/C11H12ClF3N2O/c1-6(5-16)10(18)17-9-3-7(11(13,14)15)2-8(12)4-9/h2-4,6H,5,16H2,1H3,(H,17,18). The Morgan fingerprint density at radius 2 is 2.06 bits per heavy atom. The second-order valence-electron chi connectivity index (χ2n) is 3.85. The SMILES string of the molecule is CC(CN)C(=O)Nc1cc(Cl)cc(C(F)(F)F)c1. The molecule has 0 aliphatic rings. The summed E-state index contributed by atoms with van der Waals surface area (Å²) in [6.45, 7) is 1.68. The summed E-state index contributed by atoms with van der Waals surface area (Å²) in [5.41, 5.74) is 4.38. The molecule has 1 aromatic carbocycles. The Morgan fingerprint density at radius 1 is 1.44 bits per heavy atom. The maximum atomic E-state index is 12.5. The molecule has 0 aliphatic carbocycles. The van der Waals surface area contributed by atoms with Gasteiger partial charge in [0.05, 0.1) is 5.56 Å². The van der Waals surface area contributed by atoms with E-state index in [0.29, 0.717) is 0 Å². The Kier molecular flexibility index (Phi) is 4.59. The number of halogens is 4. The van der Waals surface area contributed by atoms with Crippen LogP contribution >= 0.6 is 11.6 Å². The van der Waals surface area contributed by atoms with Crippen molar-refractivity contribution in [2.75, 3.05) is 11.9 Å². The van der Waals surface area contributed by atoms with Crippen LogP contribution in [0, 0.1) is 5.92 Å². The van der Waals surface area contributed by atoms with Crippen LogP contribution in [0.4, 0.5) is 18.9 Å². The Balaban J connectivity index is 2.97. The van der Waals surface area contributed by atoms with E-state index in [4.69, 9.17) is 17.3 Å². The van der Waals surface area contributed by atoms with Crippen molar-refractivity contribution in [3.8, 4) is 0 Å². The van der Waals surface area contributed by atoms with E-state index in [1.54, 1.807) is 6.92 Å². The summed E-state index contributed by atoms with van der Waals surface area (Å²) in [6, 6.07) is 2.87. The summed E-state index contributed by atoms with van der Waals surface area (Å²) in [4.78, 5) is 11.5. The lowest BCUT2D eigenvalue weighted by atomic mass is 10.1. The van der Waals surface area contributed by atoms with Gasteiger partial charge < -0.3 is 11.1 Å². The third-order valence-electron chi connectivity index (χ3n) is 2.29. The molecular weight excluding hydrogens is 269 g/mol. The van der Waals surface area contributed by atoms with Crippen LogP contribution in [0.25, 0.3) is 0 Å². The van der Waals surface area contributed by atoms with Crippen molar-refractivity contribution in [2.45, 2.75) is 13.1 Å². The minimum absolute atomic E-state index is 0.000116. The average Bonchev–Trinajstić information content (AvgIpc) is 2.25. The summed E-state index contributed by atoms with van der Waals surface area (Å²) in [6.07, 6.45) is -4.51. The van der Waals surface area contributed by atoms with Crippen molar-refractivity contribution in [2.24, 2.45) is 11.7 Å². The van der Waals surface area contributed by atoms with Gasteiger partial charge in [0.25, 0.3) is 0 Å². The minimum Gasteiger partial charge on any atom is -0.330 e. The van der Waals surface area contributed by atoms with Gasteiger partial charge in [-0.05, 0) is 18.2 Å². The molecule has 1 atom stereocenters. The quantitative estimate of drug-likeness (QED) is 0.894. The van der Waals surface area contributed by atoms with E-state index in [-0.39, 0.29) is 17.3 Å². The van der Waals surface area contributed by atoms with Gasteiger partial charge in [0.1, 0.15) is 0 Å². The van der Waals surface area contributed by atoms with Crippen molar-refractivity contribution >= 4 is 23.2 Å². The monoisotopic (exact) mass is 280 g/mol. The number of hydrogen-bond donors (Lipinski definition) is 2. The van der Waals surface area contributed by atoms with E-state index in [2.05, 4.69) is 5.32 Å². The first-order valence-electron chi connectivity index (χ1n) is 5.12.